The Bertz CT molecular complexity index is 720. The minimum absolute atomic E-state index is 0.0342. The van der Waals surface area contributed by atoms with E-state index in [4.69, 9.17) is 0 Å². The second-order valence-electron chi connectivity index (χ2n) is 7.17. The number of rotatable bonds is 10. The highest BCUT2D eigenvalue weighted by Crippen LogP contribution is 2.16. The summed E-state index contributed by atoms with van der Waals surface area (Å²) in [6.45, 7) is 3.05. The average Bonchev–Trinajstić information content (AvgIpc) is 2.72. The van der Waals surface area contributed by atoms with E-state index in [1.165, 1.54) is 48.4 Å². The highest BCUT2D eigenvalue weighted by molar-refractivity contribution is 6.38. The first-order valence-corrected chi connectivity index (χ1v) is 10.1. The zero-order valence-electron chi connectivity index (χ0n) is 16.8. The van der Waals surface area contributed by atoms with Crippen LogP contribution >= 0.6 is 0 Å². The van der Waals surface area contributed by atoms with Crippen LogP contribution in [-0.2, 0) is 14.4 Å². The van der Waals surface area contributed by atoms with Crippen LogP contribution in [0.4, 0.5) is 4.79 Å². The molecule has 0 radical (unpaired) electrons. The topological polar surface area (TPSA) is 107 Å². The molecular formula is C21H29N3O5. The van der Waals surface area contributed by atoms with Gasteiger partial charge in [0, 0.05) is 19.6 Å². The fourth-order valence-corrected chi connectivity index (χ4v) is 3.25. The zero-order chi connectivity index (χ0) is 21.2. The third kappa shape index (κ3) is 6.30. The number of benzene rings is 1. The molecule has 0 aliphatic carbocycles. The smallest absolute Gasteiger partial charge is 0.325 e. The Morgan fingerprint density at radius 1 is 1.07 bits per heavy atom. The van der Waals surface area contributed by atoms with Crippen molar-refractivity contribution in [2.75, 3.05) is 19.6 Å². The Labute approximate surface area is 170 Å². The molecule has 2 N–H and O–H groups in total. The Morgan fingerprint density at radius 3 is 2.38 bits per heavy atom. The number of nitrogens with one attached hydrogen (secondary N) is 1. The molecule has 1 unspecified atom stereocenters. The number of aldehydes is 1. The molecule has 0 aromatic heterocycles. The standard InChI is InChI=1S/C21H29N3O5/c1-2-3-4-5-6-7-12-23-13-14-24(20(28)19(23)27)21(29)22-18(15-25)16-8-10-17(26)11-9-16/h8-11,15,18,26H,2-7,12-14H2,1H3,(H,22,29). The number of nitrogens with zero attached hydrogens (tertiary/aromatic N) is 2. The number of phenols is 1. The number of phenolic OH excluding ortho intramolecular Hbond substituents is 1. The first kappa shape index (κ1) is 22.4. The van der Waals surface area contributed by atoms with E-state index in [-0.39, 0.29) is 18.8 Å². The summed E-state index contributed by atoms with van der Waals surface area (Å²) in [5.74, 6) is -1.53. The van der Waals surface area contributed by atoms with Gasteiger partial charge in [-0.25, -0.2) is 4.79 Å². The summed E-state index contributed by atoms with van der Waals surface area (Å²) in [6, 6.07) is 4.03. The molecule has 1 aliphatic heterocycles. The van der Waals surface area contributed by atoms with Gasteiger partial charge in [-0.3, -0.25) is 14.5 Å². The average molecular weight is 403 g/mol. The van der Waals surface area contributed by atoms with Gasteiger partial charge in [0.25, 0.3) is 0 Å². The van der Waals surface area contributed by atoms with Gasteiger partial charge in [0.05, 0.1) is 0 Å². The van der Waals surface area contributed by atoms with E-state index in [2.05, 4.69) is 12.2 Å². The van der Waals surface area contributed by atoms with Gasteiger partial charge >= 0.3 is 17.8 Å². The number of carbonyl (C=O) groups excluding carboxylic acids is 4. The van der Waals surface area contributed by atoms with Gasteiger partial charge in [0.15, 0.2) is 0 Å². The van der Waals surface area contributed by atoms with Crippen LogP contribution in [0.25, 0.3) is 0 Å². The van der Waals surface area contributed by atoms with E-state index in [1.807, 2.05) is 0 Å². The summed E-state index contributed by atoms with van der Waals surface area (Å²) in [4.78, 5) is 50.8. The van der Waals surface area contributed by atoms with Crippen LogP contribution in [0.3, 0.4) is 0 Å². The van der Waals surface area contributed by atoms with Crippen LogP contribution in [0, 0.1) is 0 Å². The molecule has 2 rings (SSSR count). The van der Waals surface area contributed by atoms with Crippen molar-refractivity contribution in [2.24, 2.45) is 0 Å². The third-order valence-corrected chi connectivity index (χ3v) is 5.00. The van der Waals surface area contributed by atoms with Gasteiger partial charge in [-0.15, -0.1) is 0 Å². The van der Waals surface area contributed by atoms with E-state index in [0.29, 0.717) is 18.4 Å². The molecule has 1 aliphatic rings. The molecule has 1 saturated heterocycles. The van der Waals surface area contributed by atoms with Crippen molar-refractivity contribution in [1.29, 1.82) is 0 Å². The molecule has 0 saturated carbocycles. The van der Waals surface area contributed by atoms with E-state index < -0.39 is 23.9 Å². The zero-order valence-corrected chi connectivity index (χ0v) is 16.8. The fraction of sp³-hybridized carbons (Fsp3) is 0.524. The number of aromatic hydroxyl groups is 1. The number of urea groups is 1. The summed E-state index contributed by atoms with van der Waals surface area (Å²) in [5.41, 5.74) is 0.464. The van der Waals surface area contributed by atoms with Crippen molar-refractivity contribution in [1.82, 2.24) is 15.1 Å². The van der Waals surface area contributed by atoms with Crippen LogP contribution < -0.4 is 5.32 Å². The van der Waals surface area contributed by atoms with Crippen LogP contribution in [0.2, 0.25) is 0 Å². The van der Waals surface area contributed by atoms with Crippen molar-refractivity contribution < 1.29 is 24.3 Å². The second kappa shape index (κ2) is 11.2. The van der Waals surface area contributed by atoms with E-state index in [1.54, 1.807) is 0 Å². The maximum absolute atomic E-state index is 12.4. The Morgan fingerprint density at radius 2 is 1.72 bits per heavy atom. The normalized spacial score (nSPS) is 15.3. The lowest BCUT2D eigenvalue weighted by Crippen LogP contribution is -2.58. The second-order valence-corrected chi connectivity index (χ2v) is 7.17. The van der Waals surface area contributed by atoms with Crippen molar-refractivity contribution in [3.8, 4) is 5.75 Å². The molecule has 0 bridgehead atoms. The maximum atomic E-state index is 12.4. The summed E-state index contributed by atoms with van der Waals surface area (Å²) in [6.07, 6.45) is 7.05. The minimum Gasteiger partial charge on any atom is -0.508 e. The molecular weight excluding hydrogens is 374 g/mol. The number of piperazine rings is 1. The third-order valence-electron chi connectivity index (χ3n) is 5.00. The highest BCUT2D eigenvalue weighted by Gasteiger charge is 2.36. The van der Waals surface area contributed by atoms with Crippen LogP contribution in [-0.4, -0.2) is 58.7 Å². The summed E-state index contributed by atoms with van der Waals surface area (Å²) in [7, 11) is 0. The summed E-state index contributed by atoms with van der Waals surface area (Å²) >= 11 is 0. The number of hydrogen-bond donors (Lipinski definition) is 2. The first-order chi connectivity index (χ1) is 14.0. The van der Waals surface area contributed by atoms with Crippen molar-refractivity contribution >= 4 is 24.1 Å². The van der Waals surface area contributed by atoms with Gasteiger partial charge in [0.1, 0.15) is 18.1 Å². The van der Waals surface area contributed by atoms with Crippen LogP contribution in [0.1, 0.15) is 57.1 Å². The largest absolute Gasteiger partial charge is 0.508 e. The van der Waals surface area contributed by atoms with Gasteiger partial charge in [0.2, 0.25) is 0 Å². The number of amides is 4. The molecule has 158 valence electrons. The van der Waals surface area contributed by atoms with Crippen molar-refractivity contribution in [2.45, 2.75) is 51.5 Å². The molecule has 1 aromatic carbocycles. The molecule has 29 heavy (non-hydrogen) atoms. The molecule has 1 heterocycles. The minimum atomic E-state index is -0.979. The SMILES string of the molecule is CCCCCCCCN1CCN(C(=O)NC(C=O)c2ccc(O)cc2)C(=O)C1=O. The molecule has 1 atom stereocenters. The number of unbranched alkanes of at least 4 members (excludes halogenated alkanes) is 5. The van der Waals surface area contributed by atoms with Gasteiger partial charge in [-0.2, -0.15) is 0 Å². The monoisotopic (exact) mass is 403 g/mol. The lowest BCUT2D eigenvalue weighted by atomic mass is 10.1. The van der Waals surface area contributed by atoms with Crippen molar-refractivity contribution in [3.63, 3.8) is 0 Å². The quantitative estimate of drug-likeness (QED) is 0.354. The summed E-state index contributed by atoms with van der Waals surface area (Å²) in [5, 5.41) is 11.8. The predicted octanol–water partition coefficient (Wildman–Crippen LogP) is 2.37. The summed E-state index contributed by atoms with van der Waals surface area (Å²) < 4.78 is 0. The molecule has 8 nitrogen and oxygen atoms in total. The Balaban J connectivity index is 1.86. The fourth-order valence-electron chi connectivity index (χ4n) is 3.25. The van der Waals surface area contributed by atoms with Gasteiger partial charge < -0.3 is 20.1 Å². The van der Waals surface area contributed by atoms with Crippen LogP contribution in [0.5, 0.6) is 5.75 Å². The van der Waals surface area contributed by atoms with Gasteiger partial charge in [-0.1, -0.05) is 51.2 Å². The van der Waals surface area contributed by atoms with E-state index in [9.17, 15) is 24.3 Å². The number of carbonyl (C=O) groups is 4. The lowest BCUT2D eigenvalue weighted by molar-refractivity contribution is -0.153. The highest BCUT2D eigenvalue weighted by atomic mass is 16.3. The van der Waals surface area contributed by atoms with Crippen molar-refractivity contribution in [3.05, 3.63) is 29.8 Å². The number of hydrogen-bond acceptors (Lipinski definition) is 5. The molecule has 1 fully saturated rings. The van der Waals surface area contributed by atoms with E-state index in [0.717, 1.165) is 24.2 Å². The number of imide groups is 1. The molecule has 4 amide bonds. The van der Waals surface area contributed by atoms with Crippen LogP contribution in [0.15, 0.2) is 24.3 Å². The Hall–Kier alpha value is -2.90. The Kier molecular flexibility index (Phi) is 8.64. The predicted molar refractivity (Wildman–Crippen MR) is 107 cm³/mol. The molecule has 0 spiro atoms. The lowest BCUT2D eigenvalue weighted by Gasteiger charge is -2.33. The molecule has 8 heteroatoms. The first-order valence-electron chi connectivity index (χ1n) is 10.1. The van der Waals surface area contributed by atoms with E-state index >= 15 is 0 Å². The van der Waals surface area contributed by atoms with Gasteiger partial charge in [-0.05, 0) is 24.1 Å². The molecule has 1 aromatic rings. The maximum Gasteiger partial charge on any atom is 0.325 e.